The Kier molecular flexibility index (Phi) is 2.51. The van der Waals surface area contributed by atoms with Crippen LogP contribution in [0, 0.1) is 11.8 Å². The molecule has 1 amide bonds. The molecule has 3 heteroatoms. The van der Waals surface area contributed by atoms with Gasteiger partial charge in [0, 0.05) is 6.04 Å². The summed E-state index contributed by atoms with van der Waals surface area (Å²) < 4.78 is 0. The van der Waals surface area contributed by atoms with E-state index in [-0.39, 0.29) is 11.7 Å². The molecule has 1 spiro atoms. The number of amides is 1. The molecule has 17 heavy (non-hydrogen) atoms. The maximum atomic E-state index is 12.6. The number of hydrogen-bond acceptors (Lipinski definition) is 2. The quantitative estimate of drug-likeness (QED) is 0.814. The second-order valence-electron chi connectivity index (χ2n) is 6.56. The van der Waals surface area contributed by atoms with Crippen LogP contribution in [0.2, 0.25) is 0 Å². The molecule has 0 aromatic rings. The van der Waals surface area contributed by atoms with Crippen molar-refractivity contribution in [3.63, 3.8) is 0 Å². The highest BCUT2D eigenvalue weighted by Crippen LogP contribution is 2.46. The molecule has 1 saturated heterocycles. The number of nitrogens with one attached hydrogen (secondary N) is 1. The molecule has 1 N–H and O–H groups in total. The number of rotatable bonds is 3. The predicted octanol–water partition coefficient (Wildman–Crippen LogP) is 2.12. The Morgan fingerprint density at radius 2 is 1.94 bits per heavy atom. The molecule has 1 heterocycles. The highest BCUT2D eigenvalue weighted by atomic mass is 16.2. The summed E-state index contributed by atoms with van der Waals surface area (Å²) in [6.45, 7) is 6.68. The van der Waals surface area contributed by atoms with Crippen LogP contribution in [-0.4, -0.2) is 28.6 Å². The van der Waals surface area contributed by atoms with E-state index in [9.17, 15) is 4.79 Å². The standard InChI is InChI=1S/C14H24N2O/c1-9(2)12-15-14(7-8-14)13(17)16(12)10(3)11-5-4-6-11/h9-12,15H,4-8H2,1-3H3. The predicted molar refractivity (Wildman–Crippen MR) is 67.4 cm³/mol. The van der Waals surface area contributed by atoms with Gasteiger partial charge in [-0.05, 0) is 44.4 Å². The van der Waals surface area contributed by atoms with E-state index >= 15 is 0 Å². The van der Waals surface area contributed by atoms with Gasteiger partial charge in [0.1, 0.15) is 0 Å². The Bertz CT molecular complexity index is 331. The van der Waals surface area contributed by atoms with Crippen molar-refractivity contribution in [2.75, 3.05) is 0 Å². The topological polar surface area (TPSA) is 32.3 Å². The summed E-state index contributed by atoms with van der Waals surface area (Å²) in [6, 6.07) is 0.427. The molecule has 3 aliphatic rings. The van der Waals surface area contributed by atoms with Crippen LogP contribution in [0.25, 0.3) is 0 Å². The first-order valence-electron chi connectivity index (χ1n) is 7.16. The lowest BCUT2D eigenvalue weighted by Crippen LogP contribution is -2.50. The van der Waals surface area contributed by atoms with E-state index < -0.39 is 0 Å². The van der Waals surface area contributed by atoms with Gasteiger partial charge in [0.2, 0.25) is 5.91 Å². The molecule has 2 atom stereocenters. The summed E-state index contributed by atoms with van der Waals surface area (Å²) in [5, 5.41) is 3.60. The zero-order chi connectivity index (χ0) is 12.2. The fourth-order valence-corrected chi connectivity index (χ4v) is 3.35. The second-order valence-corrected chi connectivity index (χ2v) is 6.56. The van der Waals surface area contributed by atoms with Crippen LogP contribution in [-0.2, 0) is 4.79 Å². The van der Waals surface area contributed by atoms with E-state index in [1.165, 1.54) is 19.3 Å². The Balaban J connectivity index is 1.81. The highest BCUT2D eigenvalue weighted by Gasteiger charge is 2.60. The minimum atomic E-state index is -0.146. The smallest absolute Gasteiger partial charge is 0.244 e. The monoisotopic (exact) mass is 236 g/mol. The third-order valence-electron chi connectivity index (χ3n) is 5.02. The summed E-state index contributed by atoms with van der Waals surface area (Å²) in [7, 11) is 0. The van der Waals surface area contributed by atoms with Gasteiger partial charge < -0.3 is 4.90 Å². The lowest BCUT2D eigenvalue weighted by atomic mass is 9.79. The first-order valence-corrected chi connectivity index (χ1v) is 7.16. The Labute approximate surface area is 104 Å². The molecule has 2 aliphatic carbocycles. The average molecular weight is 236 g/mol. The van der Waals surface area contributed by atoms with Gasteiger partial charge in [-0.2, -0.15) is 0 Å². The fourth-order valence-electron chi connectivity index (χ4n) is 3.35. The van der Waals surface area contributed by atoms with E-state index in [1.807, 2.05) is 0 Å². The second kappa shape index (κ2) is 3.71. The van der Waals surface area contributed by atoms with Gasteiger partial charge in [-0.1, -0.05) is 20.3 Å². The number of hydrogen-bond donors (Lipinski definition) is 1. The van der Waals surface area contributed by atoms with Crippen molar-refractivity contribution in [3.8, 4) is 0 Å². The van der Waals surface area contributed by atoms with Crippen LogP contribution in [0.3, 0.4) is 0 Å². The van der Waals surface area contributed by atoms with E-state index in [0.29, 0.717) is 17.9 Å². The third-order valence-corrected chi connectivity index (χ3v) is 5.02. The molecular formula is C14H24N2O. The van der Waals surface area contributed by atoms with E-state index in [4.69, 9.17) is 0 Å². The van der Waals surface area contributed by atoms with Crippen molar-refractivity contribution in [2.45, 2.75) is 70.6 Å². The first kappa shape index (κ1) is 11.5. The fraction of sp³-hybridized carbons (Fsp3) is 0.929. The minimum absolute atomic E-state index is 0.146. The molecule has 0 bridgehead atoms. The van der Waals surface area contributed by atoms with Crippen LogP contribution >= 0.6 is 0 Å². The molecule has 3 nitrogen and oxygen atoms in total. The summed E-state index contributed by atoms with van der Waals surface area (Å²) in [5.74, 6) is 1.63. The Morgan fingerprint density at radius 3 is 2.35 bits per heavy atom. The van der Waals surface area contributed by atoms with Crippen LogP contribution in [0.1, 0.15) is 52.9 Å². The van der Waals surface area contributed by atoms with Crippen molar-refractivity contribution in [2.24, 2.45) is 11.8 Å². The van der Waals surface area contributed by atoms with Gasteiger partial charge in [0.15, 0.2) is 0 Å². The first-order chi connectivity index (χ1) is 8.05. The summed E-state index contributed by atoms with van der Waals surface area (Å²) in [6.07, 6.45) is 6.32. The maximum absolute atomic E-state index is 12.6. The van der Waals surface area contributed by atoms with Crippen molar-refractivity contribution < 1.29 is 4.79 Å². The lowest BCUT2D eigenvalue weighted by molar-refractivity contribution is -0.135. The van der Waals surface area contributed by atoms with Gasteiger partial charge in [-0.3, -0.25) is 10.1 Å². The molecule has 3 fully saturated rings. The third kappa shape index (κ3) is 1.62. The van der Waals surface area contributed by atoms with Gasteiger partial charge in [-0.15, -0.1) is 0 Å². The highest BCUT2D eigenvalue weighted by molar-refractivity contribution is 5.92. The molecule has 0 radical (unpaired) electrons. The number of nitrogens with zero attached hydrogens (tertiary/aromatic N) is 1. The maximum Gasteiger partial charge on any atom is 0.244 e. The normalized spacial score (nSPS) is 33.3. The zero-order valence-corrected chi connectivity index (χ0v) is 11.2. The molecule has 2 saturated carbocycles. The van der Waals surface area contributed by atoms with Crippen LogP contribution < -0.4 is 5.32 Å². The van der Waals surface area contributed by atoms with Crippen molar-refractivity contribution in [3.05, 3.63) is 0 Å². The molecule has 96 valence electrons. The van der Waals surface area contributed by atoms with Crippen LogP contribution in [0.4, 0.5) is 0 Å². The summed E-state index contributed by atoms with van der Waals surface area (Å²) in [5.41, 5.74) is -0.146. The molecular weight excluding hydrogens is 212 g/mol. The van der Waals surface area contributed by atoms with Crippen molar-refractivity contribution >= 4 is 5.91 Å². The molecule has 2 unspecified atom stereocenters. The van der Waals surface area contributed by atoms with Crippen molar-refractivity contribution in [1.82, 2.24) is 10.2 Å². The molecule has 3 rings (SSSR count). The zero-order valence-electron chi connectivity index (χ0n) is 11.2. The largest absolute Gasteiger partial charge is 0.322 e. The lowest BCUT2D eigenvalue weighted by Gasteiger charge is -2.40. The summed E-state index contributed by atoms with van der Waals surface area (Å²) in [4.78, 5) is 14.7. The van der Waals surface area contributed by atoms with Gasteiger partial charge in [-0.25, -0.2) is 0 Å². The van der Waals surface area contributed by atoms with Gasteiger partial charge in [0.05, 0.1) is 11.7 Å². The van der Waals surface area contributed by atoms with Crippen molar-refractivity contribution in [1.29, 1.82) is 0 Å². The van der Waals surface area contributed by atoms with E-state index in [2.05, 4.69) is 31.0 Å². The van der Waals surface area contributed by atoms with Gasteiger partial charge in [0.25, 0.3) is 0 Å². The van der Waals surface area contributed by atoms with Gasteiger partial charge >= 0.3 is 0 Å². The Morgan fingerprint density at radius 1 is 1.29 bits per heavy atom. The van der Waals surface area contributed by atoms with E-state index in [0.717, 1.165) is 18.8 Å². The average Bonchev–Trinajstić information content (AvgIpc) is 2.87. The van der Waals surface area contributed by atoms with Crippen LogP contribution in [0.5, 0.6) is 0 Å². The number of carbonyl (C=O) groups is 1. The molecule has 1 aliphatic heterocycles. The number of carbonyl (C=O) groups excluding carboxylic acids is 1. The molecule has 0 aromatic carbocycles. The Hall–Kier alpha value is -0.570. The van der Waals surface area contributed by atoms with E-state index in [1.54, 1.807) is 0 Å². The van der Waals surface area contributed by atoms with Crippen LogP contribution in [0.15, 0.2) is 0 Å². The minimum Gasteiger partial charge on any atom is -0.322 e. The summed E-state index contributed by atoms with van der Waals surface area (Å²) >= 11 is 0. The molecule has 0 aromatic heterocycles. The SMILES string of the molecule is CC(C)C1NC2(CC2)C(=O)N1C(C)C1CCC1.